The maximum Gasteiger partial charge on any atom is 0.338 e. The molecule has 0 aliphatic rings. The Morgan fingerprint density at radius 2 is 1.53 bits per heavy atom. The van der Waals surface area contributed by atoms with Gasteiger partial charge in [-0.3, -0.25) is 0 Å². The molecule has 34 heavy (non-hydrogen) atoms. The normalized spacial score (nSPS) is 13.6. The zero-order valence-corrected chi connectivity index (χ0v) is 28.4. The predicted molar refractivity (Wildman–Crippen MR) is 169 cm³/mol. The number of hydrogen-bond donors (Lipinski definition) is 0. The van der Waals surface area contributed by atoms with Crippen molar-refractivity contribution in [1.29, 1.82) is 0 Å². The van der Waals surface area contributed by atoms with Crippen LogP contribution in [0.1, 0.15) is 82.5 Å². The molecular formula is C23H45O4P7. The van der Waals surface area contributed by atoms with E-state index < -0.39 is 0 Å². The average Bonchev–Trinajstić information content (AvgIpc) is 2.82. The van der Waals surface area contributed by atoms with E-state index in [2.05, 4.69) is 54.2 Å². The van der Waals surface area contributed by atoms with E-state index in [1.165, 1.54) is 38.5 Å². The molecule has 1 rings (SSSR count). The Kier molecular flexibility index (Phi) is 19.9. The van der Waals surface area contributed by atoms with E-state index in [9.17, 15) is 4.79 Å². The lowest BCUT2D eigenvalue weighted by Crippen LogP contribution is -2.09. The second-order valence-electron chi connectivity index (χ2n) is 8.35. The molecule has 0 saturated carbocycles. The van der Waals surface area contributed by atoms with E-state index in [4.69, 9.17) is 14.2 Å². The van der Waals surface area contributed by atoms with Crippen LogP contribution in [0.2, 0.25) is 0 Å². The summed E-state index contributed by atoms with van der Waals surface area (Å²) in [5.41, 5.74) is 0.511. The Bertz CT molecular complexity index is 685. The molecule has 0 aromatic heterocycles. The molecule has 0 saturated heterocycles. The quantitative estimate of drug-likeness (QED) is 0.117. The van der Waals surface area contributed by atoms with Gasteiger partial charge >= 0.3 is 5.97 Å². The summed E-state index contributed by atoms with van der Waals surface area (Å²) in [5.74, 6) is 1.78. The van der Waals surface area contributed by atoms with Crippen LogP contribution in [0.4, 0.5) is 0 Å². The maximum atomic E-state index is 12.9. The van der Waals surface area contributed by atoms with Crippen LogP contribution in [0.15, 0.2) is 18.2 Å². The van der Waals surface area contributed by atoms with Gasteiger partial charge in [-0.1, -0.05) is 67.3 Å². The van der Waals surface area contributed by atoms with Gasteiger partial charge in [0.2, 0.25) is 0 Å². The molecule has 0 heterocycles. The number of carbonyl (C=O) groups is 1. The number of carbonyl (C=O) groups excluding carboxylic acids is 1. The van der Waals surface area contributed by atoms with E-state index in [1.807, 2.05) is 12.1 Å². The van der Waals surface area contributed by atoms with Crippen LogP contribution in [0, 0.1) is 5.92 Å². The second-order valence-corrected chi connectivity index (χ2v) is 32.7. The number of esters is 1. The molecule has 4 nitrogen and oxygen atoms in total. The van der Waals surface area contributed by atoms with Crippen molar-refractivity contribution in [2.45, 2.75) is 72.1 Å². The van der Waals surface area contributed by atoms with E-state index >= 15 is 0 Å². The Morgan fingerprint density at radius 3 is 2.03 bits per heavy atom. The molecule has 11 heteroatoms. The molecule has 0 fully saturated rings. The van der Waals surface area contributed by atoms with Gasteiger partial charge < -0.3 is 14.2 Å². The summed E-state index contributed by atoms with van der Waals surface area (Å²) < 4.78 is 17.7. The van der Waals surface area contributed by atoms with Gasteiger partial charge in [-0.15, -0.1) is 26.8 Å². The maximum absolute atomic E-state index is 12.9. The first-order valence-electron chi connectivity index (χ1n) is 12.2. The third-order valence-electron chi connectivity index (χ3n) is 5.36. The Morgan fingerprint density at radius 1 is 0.941 bits per heavy atom. The zero-order chi connectivity index (χ0) is 25.3. The summed E-state index contributed by atoms with van der Waals surface area (Å²) in [6.45, 7) is 9.86. The average molecular weight is 602 g/mol. The molecular weight excluding hydrogens is 557 g/mol. The molecule has 0 spiro atoms. The fraction of sp³-hybridized carbons (Fsp3) is 0.696. The van der Waals surface area contributed by atoms with Crippen molar-refractivity contribution in [2.75, 3.05) is 26.2 Å². The van der Waals surface area contributed by atoms with Gasteiger partial charge in [-0.25, -0.2) is 4.79 Å². The van der Waals surface area contributed by atoms with Crippen LogP contribution in [-0.4, -0.2) is 32.2 Å². The zero-order valence-electron chi connectivity index (χ0n) is 21.3. The first-order valence-corrected chi connectivity index (χ1v) is 25.2. The molecule has 0 aliphatic heterocycles. The summed E-state index contributed by atoms with van der Waals surface area (Å²) in [4.78, 5) is 12.9. The van der Waals surface area contributed by atoms with Crippen LogP contribution in [0.3, 0.4) is 0 Å². The highest BCUT2D eigenvalue weighted by atomic mass is 33.0. The van der Waals surface area contributed by atoms with Crippen molar-refractivity contribution in [1.82, 2.24) is 0 Å². The third kappa shape index (κ3) is 13.7. The van der Waals surface area contributed by atoms with Crippen molar-refractivity contribution in [2.24, 2.45) is 5.92 Å². The molecule has 0 aliphatic carbocycles. The van der Waals surface area contributed by atoms with Crippen LogP contribution in [0.5, 0.6) is 11.5 Å². The van der Waals surface area contributed by atoms with Crippen molar-refractivity contribution in [3.8, 4) is 11.5 Å². The van der Waals surface area contributed by atoms with Crippen LogP contribution in [0.25, 0.3) is 0 Å². The second kappa shape index (κ2) is 20.3. The summed E-state index contributed by atoms with van der Waals surface area (Å²) in [7, 11) is 9.30. The molecule has 0 bridgehead atoms. The van der Waals surface area contributed by atoms with Gasteiger partial charge in [0.25, 0.3) is 0 Å². The highest BCUT2D eigenvalue weighted by Crippen LogP contribution is 2.99. The Balaban J connectivity index is 2.82. The lowest BCUT2D eigenvalue weighted by Gasteiger charge is -2.26. The van der Waals surface area contributed by atoms with Crippen molar-refractivity contribution in [3.05, 3.63) is 23.8 Å². The minimum absolute atomic E-state index is 0.103. The fourth-order valence-electron chi connectivity index (χ4n) is 3.47. The first-order chi connectivity index (χ1) is 16.4. The van der Waals surface area contributed by atoms with Gasteiger partial charge in [0.05, 0.1) is 18.8 Å². The molecule has 196 valence electrons. The van der Waals surface area contributed by atoms with Crippen LogP contribution in [-0.2, 0) is 4.74 Å². The van der Waals surface area contributed by atoms with Crippen LogP contribution < -0.4 is 9.47 Å². The minimum atomic E-state index is -0.321. The largest absolute Gasteiger partial charge is 0.493 e. The summed E-state index contributed by atoms with van der Waals surface area (Å²) in [6.07, 6.45) is 10.0. The van der Waals surface area contributed by atoms with Gasteiger partial charge in [0.1, 0.15) is 17.8 Å². The van der Waals surface area contributed by atoms with Gasteiger partial charge in [-0.05, 0) is 59.1 Å². The lowest BCUT2D eigenvalue weighted by molar-refractivity contribution is 0.0575. The SMILES string of the molecule is CCCCC(CCCC)CCOc1cc(OCCC)cc(C(=O)OCP(C)P(PP)P(P)P)c1. The lowest BCUT2D eigenvalue weighted by atomic mass is 9.93. The van der Waals surface area contributed by atoms with E-state index in [0.717, 1.165) is 20.8 Å². The fourth-order valence-corrected chi connectivity index (χ4v) is 43.5. The van der Waals surface area contributed by atoms with Crippen molar-refractivity contribution in [3.63, 3.8) is 0 Å². The van der Waals surface area contributed by atoms with E-state index in [1.54, 1.807) is 6.07 Å². The molecule has 1 aromatic rings. The molecule has 0 N–H and O–H groups in total. The standard InChI is InChI=1S/C23H45O4P7/c1-5-8-10-19(11-9-6-2)12-14-26-22-16-20(15-21(17-22)25-13-7-3)23(24)27-18-32(4)34(31-28)33(29)30/h15-17,19,31H,5-14,18,28-30H2,1-4H3. The smallest absolute Gasteiger partial charge is 0.338 e. The number of benzene rings is 1. The van der Waals surface area contributed by atoms with E-state index in [0.29, 0.717) is 42.5 Å². The number of rotatable bonds is 19. The van der Waals surface area contributed by atoms with E-state index in [-0.39, 0.29) is 27.6 Å². The molecule has 0 amide bonds. The monoisotopic (exact) mass is 602 g/mol. The van der Waals surface area contributed by atoms with Crippen molar-refractivity contribution >= 4 is 62.3 Å². The highest BCUT2D eigenvalue weighted by molar-refractivity contribution is 9.01. The van der Waals surface area contributed by atoms with Crippen molar-refractivity contribution < 1.29 is 19.0 Å². The summed E-state index contributed by atoms with van der Waals surface area (Å²) in [6, 6.07) is 5.49. The minimum Gasteiger partial charge on any atom is -0.493 e. The number of hydrogen-bond acceptors (Lipinski definition) is 4. The molecule has 0 radical (unpaired) electrons. The predicted octanol–water partition coefficient (Wildman–Crippen LogP) is 10.2. The van der Waals surface area contributed by atoms with Crippen LogP contribution >= 0.6 is 56.3 Å². The summed E-state index contributed by atoms with van der Waals surface area (Å²) in [5, 5.41) is 0. The molecule has 1 aromatic carbocycles. The summed E-state index contributed by atoms with van der Waals surface area (Å²) >= 11 is 0. The topological polar surface area (TPSA) is 44.8 Å². The van der Waals surface area contributed by atoms with Gasteiger partial charge in [-0.2, -0.15) is 0 Å². The van der Waals surface area contributed by atoms with Gasteiger partial charge in [0, 0.05) is 6.07 Å². The number of ether oxygens (including phenoxy) is 3. The first kappa shape index (κ1) is 33.3. The Labute approximate surface area is 220 Å². The third-order valence-corrected chi connectivity index (χ3v) is 41.4. The highest BCUT2D eigenvalue weighted by Gasteiger charge is 2.21. The molecule has 6 atom stereocenters. The van der Waals surface area contributed by atoms with Gasteiger partial charge in [0.15, 0.2) is 0 Å². The number of unbranched alkanes of at least 4 members (excludes halogenated alkanes) is 2. The Hall–Kier alpha value is 1.30. The molecule has 6 unspecified atom stereocenters.